The first-order chi connectivity index (χ1) is 10.9. The summed E-state index contributed by atoms with van der Waals surface area (Å²) in [4.78, 5) is 24.5. The van der Waals surface area contributed by atoms with E-state index in [1.54, 1.807) is 6.08 Å². The highest BCUT2D eigenvalue weighted by molar-refractivity contribution is 5.96. The molecule has 4 fully saturated rings. The molecule has 2 nitrogen and oxygen atoms in total. The number of allylic oxidation sites excluding steroid dienone is 1. The molecule has 3 heteroatoms. The summed E-state index contributed by atoms with van der Waals surface area (Å²) in [6, 6.07) is 0. The predicted octanol–water partition coefficient (Wildman–Crippen LogP) is 3.89. The molecule has 0 heterocycles. The van der Waals surface area contributed by atoms with Crippen LogP contribution in [0.15, 0.2) is 11.6 Å². The lowest BCUT2D eigenvalue weighted by atomic mass is 9.47. The van der Waals surface area contributed by atoms with E-state index in [2.05, 4.69) is 13.8 Å². The highest BCUT2D eigenvalue weighted by atomic mass is 19.1. The number of hydrogen-bond acceptors (Lipinski definition) is 2. The van der Waals surface area contributed by atoms with Gasteiger partial charge < -0.3 is 0 Å². The Hall–Kier alpha value is -0.990. The van der Waals surface area contributed by atoms with Crippen LogP contribution in [0.5, 0.6) is 0 Å². The first-order valence-corrected chi connectivity index (χ1v) is 9.30. The normalized spacial score (nSPS) is 57.1. The molecule has 0 aromatic carbocycles. The van der Waals surface area contributed by atoms with E-state index < -0.39 is 6.17 Å². The predicted molar refractivity (Wildman–Crippen MR) is 84.4 cm³/mol. The maximum Gasteiger partial charge on any atom is 0.159 e. The zero-order valence-electron chi connectivity index (χ0n) is 14.0. The van der Waals surface area contributed by atoms with Gasteiger partial charge in [-0.25, -0.2) is 4.39 Å². The van der Waals surface area contributed by atoms with Gasteiger partial charge in [-0.1, -0.05) is 13.8 Å². The molecule has 4 saturated carbocycles. The van der Waals surface area contributed by atoms with Crippen LogP contribution in [0, 0.1) is 40.4 Å². The van der Waals surface area contributed by atoms with Gasteiger partial charge in [0, 0.05) is 17.8 Å². The van der Waals surface area contributed by atoms with Gasteiger partial charge in [-0.15, -0.1) is 0 Å². The third-order valence-corrected chi connectivity index (χ3v) is 8.58. The lowest BCUT2D eigenvalue weighted by Crippen LogP contribution is -2.54. The maximum absolute atomic E-state index is 15.1. The summed E-state index contributed by atoms with van der Waals surface area (Å²) < 4.78 is 15.1. The molecular weight excluding hydrogens is 291 g/mol. The summed E-state index contributed by atoms with van der Waals surface area (Å²) in [5.41, 5.74) is 0.468. The highest BCUT2D eigenvalue weighted by Gasteiger charge is 2.67. The third kappa shape index (κ3) is 1.55. The van der Waals surface area contributed by atoms with Crippen molar-refractivity contribution in [2.75, 3.05) is 0 Å². The largest absolute Gasteiger partial charge is 0.299 e. The van der Waals surface area contributed by atoms with Crippen molar-refractivity contribution in [2.24, 2.45) is 40.4 Å². The van der Waals surface area contributed by atoms with Gasteiger partial charge >= 0.3 is 0 Å². The summed E-state index contributed by atoms with van der Waals surface area (Å²) in [7, 11) is 0. The van der Waals surface area contributed by atoms with Crippen molar-refractivity contribution < 1.29 is 14.0 Å². The highest BCUT2D eigenvalue weighted by Crippen LogP contribution is 2.70. The first kappa shape index (κ1) is 14.4. The van der Waals surface area contributed by atoms with E-state index in [1.165, 1.54) is 0 Å². The SMILES string of the molecule is C[C@]12CC[C@H]3[C@@H](C[C@H](F)C4=CC(=O)[C@H]5CC5[C@@]43C)[C@@H]1CCC2=O. The Bertz CT molecular complexity index is 652. The topological polar surface area (TPSA) is 34.1 Å². The summed E-state index contributed by atoms with van der Waals surface area (Å²) in [5, 5.41) is 0. The van der Waals surface area contributed by atoms with Crippen LogP contribution in [0.25, 0.3) is 0 Å². The summed E-state index contributed by atoms with van der Waals surface area (Å²) in [6.07, 6.45) is 5.80. The van der Waals surface area contributed by atoms with Crippen LogP contribution in [0.2, 0.25) is 0 Å². The van der Waals surface area contributed by atoms with E-state index in [-0.39, 0.29) is 22.5 Å². The average molecular weight is 316 g/mol. The Kier molecular flexibility index (Phi) is 2.59. The van der Waals surface area contributed by atoms with E-state index in [0.717, 1.165) is 31.3 Å². The Morgan fingerprint density at radius 1 is 1.09 bits per heavy atom. The van der Waals surface area contributed by atoms with Crippen molar-refractivity contribution >= 4 is 11.6 Å². The number of carbonyl (C=O) groups is 2. The molecule has 0 aromatic heterocycles. The summed E-state index contributed by atoms with van der Waals surface area (Å²) in [5.74, 6) is 2.25. The maximum atomic E-state index is 15.1. The molecule has 0 N–H and O–H groups in total. The van der Waals surface area contributed by atoms with Crippen molar-refractivity contribution in [2.45, 2.75) is 58.5 Å². The molecule has 1 unspecified atom stereocenters. The van der Waals surface area contributed by atoms with Gasteiger partial charge in [0.15, 0.2) is 5.78 Å². The van der Waals surface area contributed by atoms with Gasteiger partial charge in [-0.3, -0.25) is 9.59 Å². The molecule has 124 valence electrons. The van der Waals surface area contributed by atoms with Gasteiger partial charge in [0.25, 0.3) is 0 Å². The molecule has 0 bridgehead atoms. The molecule has 5 aliphatic carbocycles. The molecule has 0 amide bonds. The van der Waals surface area contributed by atoms with E-state index in [1.807, 2.05) is 0 Å². The molecule has 5 rings (SSSR count). The second kappa shape index (κ2) is 4.15. The Morgan fingerprint density at radius 3 is 2.65 bits per heavy atom. The lowest BCUT2D eigenvalue weighted by Gasteiger charge is -2.57. The minimum Gasteiger partial charge on any atom is -0.299 e. The fourth-order valence-electron chi connectivity index (χ4n) is 7.22. The molecule has 0 aliphatic heterocycles. The quantitative estimate of drug-likeness (QED) is 0.679. The minimum atomic E-state index is -0.982. The van der Waals surface area contributed by atoms with Gasteiger partial charge in [-0.2, -0.15) is 0 Å². The molecule has 0 saturated heterocycles. The zero-order valence-corrected chi connectivity index (χ0v) is 14.0. The van der Waals surface area contributed by atoms with Crippen LogP contribution >= 0.6 is 0 Å². The number of halogens is 1. The van der Waals surface area contributed by atoms with Gasteiger partial charge in [-0.05, 0) is 72.8 Å². The fraction of sp³-hybridized carbons (Fsp3) is 0.800. The van der Waals surface area contributed by atoms with E-state index in [0.29, 0.717) is 42.3 Å². The van der Waals surface area contributed by atoms with Crippen LogP contribution in [-0.2, 0) is 9.59 Å². The monoisotopic (exact) mass is 316 g/mol. The minimum absolute atomic E-state index is 0.131. The number of hydrogen-bond donors (Lipinski definition) is 0. The Morgan fingerprint density at radius 2 is 1.87 bits per heavy atom. The molecule has 0 radical (unpaired) electrons. The zero-order chi connectivity index (χ0) is 16.1. The Labute approximate surface area is 136 Å². The third-order valence-electron chi connectivity index (χ3n) is 8.58. The van der Waals surface area contributed by atoms with E-state index in [9.17, 15) is 9.59 Å². The van der Waals surface area contributed by atoms with Crippen molar-refractivity contribution in [3.63, 3.8) is 0 Å². The smallest absolute Gasteiger partial charge is 0.159 e. The number of ketones is 2. The molecule has 0 spiro atoms. The Balaban J connectivity index is 1.59. The average Bonchev–Trinajstić information content (AvgIpc) is 3.26. The van der Waals surface area contributed by atoms with Crippen molar-refractivity contribution in [1.29, 1.82) is 0 Å². The summed E-state index contributed by atoms with van der Waals surface area (Å²) in [6.45, 7) is 4.37. The van der Waals surface area contributed by atoms with Gasteiger partial charge in [0.1, 0.15) is 12.0 Å². The first-order valence-electron chi connectivity index (χ1n) is 9.30. The number of rotatable bonds is 0. The van der Waals surface area contributed by atoms with Crippen LogP contribution < -0.4 is 0 Å². The molecule has 5 aliphatic rings. The number of fused-ring (bicyclic) bond motifs is 7. The van der Waals surface area contributed by atoms with E-state index >= 15 is 4.39 Å². The molecule has 23 heavy (non-hydrogen) atoms. The summed E-state index contributed by atoms with van der Waals surface area (Å²) >= 11 is 0. The second-order valence-corrected chi connectivity index (χ2v) is 9.23. The van der Waals surface area contributed by atoms with Crippen molar-refractivity contribution in [3.8, 4) is 0 Å². The fourth-order valence-corrected chi connectivity index (χ4v) is 7.22. The van der Waals surface area contributed by atoms with E-state index in [4.69, 9.17) is 0 Å². The van der Waals surface area contributed by atoms with Crippen LogP contribution in [0.4, 0.5) is 4.39 Å². The molecular formula is C20H25FO2. The van der Waals surface area contributed by atoms with Crippen LogP contribution in [0.3, 0.4) is 0 Å². The van der Waals surface area contributed by atoms with Crippen LogP contribution in [0.1, 0.15) is 52.4 Å². The molecule has 0 aromatic rings. The van der Waals surface area contributed by atoms with Crippen LogP contribution in [-0.4, -0.2) is 17.7 Å². The standard InChI is InChI=1S/C20H25FO2/c1-19-6-5-13-10(12(19)3-4-18(19)23)8-16(21)15-9-17(22)11-7-14(11)20(13,15)2/h9-14,16H,3-8H2,1-2H3/t10-,11-,12-,13-,14?,16-,19-,20-/m0/s1. The second-order valence-electron chi connectivity index (χ2n) is 9.23. The number of alkyl halides is 1. The van der Waals surface area contributed by atoms with Gasteiger partial charge in [0.2, 0.25) is 0 Å². The number of carbonyl (C=O) groups excluding carboxylic acids is 2. The van der Waals surface area contributed by atoms with Crippen molar-refractivity contribution in [1.82, 2.24) is 0 Å². The number of Topliss-reactive ketones (excluding diaryl/α,β-unsaturated/α-hetero) is 1. The lowest BCUT2D eigenvalue weighted by molar-refractivity contribution is -0.134. The van der Waals surface area contributed by atoms with Gasteiger partial charge in [0.05, 0.1) is 0 Å². The van der Waals surface area contributed by atoms with Crippen molar-refractivity contribution in [3.05, 3.63) is 11.6 Å². The molecule has 8 atom stereocenters.